The summed E-state index contributed by atoms with van der Waals surface area (Å²) in [7, 11) is 1.67. The highest BCUT2D eigenvalue weighted by molar-refractivity contribution is 9.10. The van der Waals surface area contributed by atoms with Crippen LogP contribution in [0.25, 0.3) is 0 Å². The maximum Gasteiger partial charge on any atom is 0.254 e. The minimum atomic E-state index is -0.602. The van der Waals surface area contributed by atoms with Crippen LogP contribution in [-0.2, 0) is 4.79 Å². The van der Waals surface area contributed by atoms with Gasteiger partial charge in [-0.05, 0) is 24.6 Å². The number of amides is 2. The highest BCUT2D eigenvalue weighted by atomic mass is 79.9. The normalized spacial score (nSPS) is 19.2. The molecule has 0 aliphatic carbocycles. The maximum atomic E-state index is 13.5. The van der Waals surface area contributed by atoms with Crippen molar-refractivity contribution in [1.82, 2.24) is 10.2 Å². The van der Waals surface area contributed by atoms with Crippen LogP contribution in [-0.4, -0.2) is 36.3 Å². The smallest absolute Gasteiger partial charge is 0.254 e. The molecule has 0 aromatic heterocycles. The molecular weight excluding hydrogens is 303 g/mol. The molecule has 1 saturated heterocycles. The number of rotatable bonds is 2. The summed E-state index contributed by atoms with van der Waals surface area (Å²) in [5.74, 6) is -1.31. The number of hydrogen-bond acceptors (Lipinski definition) is 2. The summed E-state index contributed by atoms with van der Waals surface area (Å²) in [5.41, 5.74) is -0.0632. The number of likely N-dealkylation sites (N-methyl/N-ethyl adjacent to an activating group) is 1. The predicted octanol–water partition coefficient (Wildman–Crippen LogP) is 1.55. The van der Waals surface area contributed by atoms with Gasteiger partial charge in [0, 0.05) is 18.1 Å². The molecule has 96 valence electrons. The van der Waals surface area contributed by atoms with Crippen molar-refractivity contribution in [3.05, 3.63) is 34.1 Å². The summed E-state index contributed by atoms with van der Waals surface area (Å²) in [6, 6.07) is 3.57. The number of carbonyl (C=O) groups is 2. The average molecular weight is 315 g/mol. The van der Waals surface area contributed by atoms with Gasteiger partial charge in [0.05, 0.1) is 5.56 Å². The SMILES string of the molecule is CN1CCC(NC(=O)c2cc(Br)ccc2F)C1=O. The molecule has 6 heteroatoms. The molecule has 1 N–H and O–H groups in total. The van der Waals surface area contributed by atoms with Gasteiger partial charge < -0.3 is 10.2 Å². The average Bonchev–Trinajstić information content (AvgIpc) is 2.64. The molecule has 0 saturated carbocycles. The lowest BCUT2D eigenvalue weighted by atomic mass is 10.1. The highest BCUT2D eigenvalue weighted by Crippen LogP contribution is 2.16. The molecule has 18 heavy (non-hydrogen) atoms. The molecule has 0 radical (unpaired) electrons. The molecule has 1 unspecified atom stereocenters. The van der Waals surface area contributed by atoms with E-state index in [1.54, 1.807) is 11.9 Å². The maximum absolute atomic E-state index is 13.5. The number of carbonyl (C=O) groups excluding carboxylic acids is 2. The number of hydrogen-bond donors (Lipinski definition) is 1. The van der Waals surface area contributed by atoms with E-state index in [1.165, 1.54) is 18.2 Å². The predicted molar refractivity (Wildman–Crippen MR) is 67.6 cm³/mol. The molecule has 2 rings (SSSR count). The molecule has 1 aromatic carbocycles. The van der Waals surface area contributed by atoms with Crippen molar-refractivity contribution in [3.8, 4) is 0 Å². The quantitative estimate of drug-likeness (QED) is 0.900. The largest absolute Gasteiger partial charge is 0.344 e. The lowest BCUT2D eigenvalue weighted by Crippen LogP contribution is -2.40. The summed E-state index contributed by atoms with van der Waals surface area (Å²) in [6.45, 7) is 0.602. The molecule has 1 aromatic rings. The zero-order valence-electron chi connectivity index (χ0n) is 9.74. The van der Waals surface area contributed by atoms with Gasteiger partial charge in [-0.25, -0.2) is 4.39 Å². The fraction of sp³-hybridized carbons (Fsp3) is 0.333. The number of halogens is 2. The number of benzene rings is 1. The molecule has 1 fully saturated rings. The van der Waals surface area contributed by atoms with E-state index in [1.807, 2.05) is 0 Å². The third kappa shape index (κ3) is 2.53. The first-order valence-corrected chi connectivity index (χ1v) is 6.29. The standard InChI is InChI=1S/C12H12BrFN2O2/c1-16-5-4-10(12(16)18)15-11(17)8-6-7(13)2-3-9(8)14/h2-3,6,10H,4-5H2,1H3,(H,15,17). The Kier molecular flexibility index (Phi) is 3.65. The van der Waals surface area contributed by atoms with E-state index in [2.05, 4.69) is 21.2 Å². The summed E-state index contributed by atoms with van der Waals surface area (Å²) in [4.78, 5) is 25.1. The Bertz CT molecular complexity index is 507. The van der Waals surface area contributed by atoms with Crippen LogP contribution in [0.2, 0.25) is 0 Å². The second-order valence-electron chi connectivity index (χ2n) is 4.20. The van der Waals surface area contributed by atoms with E-state index in [9.17, 15) is 14.0 Å². The number of likely N-dealkylation sites (tertiary alicyclic amines) is 1. The summed E-state index contributed by atoms with van der Waals surface area (Å²) >= 11 is 3.18. The van der Waals surface area contributed by atoms with Crippen molar-refractivity contribution in [2.45, 2.75) is 12.5 Å². The molecule has 4 nitrogen and oxygen atoms in total. The number of nitrogens with zero attached hydrogens (tertiary/aromatic N) is 1. The molecule has 1 aliphatic heterocycles. The summed E-state index contributed by atoms with van der Waals surface area (Å²) < 4.78 is 14.1. The van der Waals surface area contributed by atoms with E-state index < -0.39 is 17.8 Å². The fourth-order valence-electron chi connectivity index (χ4n) is 1.86. The van der Waals surface area contributed by atoms with Gasteiger partial charge in [0.1, 0.15) is 11.9 Å². The second-order valence-corrected chi connectivity index (χ2v) is 5.11. The van der Waals surface area contributed by atoms with Crippen molar-refractivity contribution >= 4 is 27.7 Å². The first-order valence-electron chi connectivity index (χ1n) is 5.50. The van der Waals surface area contributed by atoms with Crippen LogP contribution in [0.3, 0.4) is 0 Å². The van der Waals surface area contributed by atoms with Crippen molar-refractivity contribution in [2.75, 3.05) is 13.6 Å². The van der Waals surface area contributed by atoms with Gasteiger partial charge in [0.2, 0.25) is 5.91 Å². The van der Waals surface area contributed by atoms with E-state index in [-0.39, 0.29) is 11.5 Å². The molecule has 0 spiro atoms. The Balaban J connectivity index is 2.13. The zero-order chi connectivity index (χ0) is 13.3. The van der Waals surface area contributed by atoms with Gasteiger partial charge in [-0.3, -0.25) is 9.59 Å². The van der Waals surface area contributed by atoms with Crippen LogP contribution in [0.4, 0.5) is 4.39 Å². The van der Waals surface area contributed by atoms with E-state index >= 15 is 0 Å². The van der Waals surface area contributed by atoms with Crippen LogP contribution in [0.1, 0.15) is 16.8 Å². The van der Waals surface area contributed by atoms with Crippen LogP contribution >= 0.6 is 15.9 Å². The van der Waals surface area contributed by atoms with Crippen molar-refractivity contribution in [3.63, 3.8) is 0 Å². The van der Waals surface area contributed by atoms with E-state index in [0.717, 1.165) is 0 Å². The minimum Gasteiger partial charge on any atom is -0.344 e. The van der Waals surface area contributed by atoms with Gasteiger partial charge in [0.15, 0.2) is 0 Å². The topological polar surface area (TPSA) is 49.4 Å². The molecule has 1 heterocycles. The second kappa shape index (κ2) is 5.06. The van der Waals surface area contributed by atoms with Crippen molar-refractivity contribution in [1.29, 1.82) is 0 Å². The van der Waals surface area contributed by atoms with Crippen LogP contribution in [0, 0.1) is 5.82 Å². The van der Waals surface area contributed by atoms with Gasteiger partial charge in [-0.15, -0.1) is 0 Å². The Hall–Kier alpha value is -1.43. The third-order valence-electron chi connectivity index (χ3n) is 2.91. The Morgan fingerprint density at radius 3 is 2.89 bits per heavy atom. The van der Waals surface area contributed by atoms with Crippen molar-refractivity contribution < 1.29 is 14.0 Å². The third-order valence-corrected chi connectivity index (χ3v) is 3.40. The van der Waals surface area contributed by atoms with Crippen LogP contribution in [0.15, 0.2) is 22.7 Å². The Labute approximate surface area is 112 Å². The first-order chi connectivity index (χ1) is 8.49. The molecule has 2 amide bonds. The Morgan fingerprint density at radius 1 is 1.56 bits per heavy atom. The minimum absolute atomic E-state index is 0.0632. The van der Waals surface area contributed by atoms with E-state index in [4.69, 9.17) is 0 Å². The van der Waals surface area contributed by atoms with Gasteiger partial charge >= 0.3 is 0 Å². The molecule has 1 aliphatic rings. The lowest BCUT2D eigenvalue weighted by molar-refractivity contribution is -0.128. The van der Waals surface area contributed by atoms with Crippen molar-refractivity contribution in [2.24, 2.45) is 0 Å². The number of nitrogens with one attached hydrogen (secondary N) is 1. The molecular formula is C12H12BrFN2O2. The van der Waals surface area contributed by atoms with Crippen LogP contribution in [0.5, 0.6) is 0 Å². The van der Waals surface area contributed by atoms with Gasteiger partial charge in [0.25, 0.3) is 5.91 Å². The lowest BCUT2D eigenvalue weighted by Gasteiger charge is -2.12. The fourth-order valence-corrected chi connectivity index (χ4v) is 2.22. The molecule has 0 bridgehead atoms. The zero-order valence-corrected chi connectivity index (χ0v) is 11.3. The summed E-state index contributed by atoms with van der Waals surface area (Å²) in [6.07, 6.45) is 0.552. The van der Waals surface area contributed by atoms with Gasteiger partial charge in [-0.1, -0.05) is 15.9 Å². The summed E-state index contributed by atoms with van der Waals surface area (Å²) in [5, 5.41) is 2.55. The highest BCUT2D eigenvalue weighted by Gasteiger charge is 2.30. The van der Waals surface area contributed by atoms with Gasteiger partial charge in [-0.2, -0.15) is 0 Å². The Morgan fingerprint density at radius 2 is 2.28 bits per heavy atom. The van der Waals surface area contributed by atoms with Crippen LogP contribution < -0.4 is 5.32 Å². The van der Waals surface area contributed by atoms with E-state index in [0.29, 0.717) is 17.4 Å². The first kappa shape index (κ1) is 13.0. The molecule has 1 atom stereocenters. The monoisotopic (exact) mass is 314 g/mol.